The Kier molecular flexibility index (Phi) is 8.86. The number of amides is 2. The average molecular weight is 533 g/mol. The Hall–Kier alpha value is -3.40. The van der Waals surface area contributed by atoms with E-state index < -0.39 is 23.2 Å². The number of carbonyl (C=O) groups excluding carboxylic acids is 1. The standard InChI is InChI=1S/C28H35F3N4O3/c1-26(2,3)33-25(36)35(17-8-6-7-12-23-32-24(38-34-23)28(29,30)31)22-11-9-10-20(18-22)19-13-15-21(16-14-19)27(4,5)37/h9-11,13-16,18,37H,6-8,12,17H2,1-5H3,(H,33,36). The monoisotopic (exact) mass is 532 g/mol. The fraction of sp³-hybridized carbons (Fsp3) is 0.464. The van der Waals surface area contributed by atoms with Crippen molar-refractivity contribution < 1.29 is 27.6 Å². The second kappa shape index (κ2) is 11.6. The molecule has 3 rings (SSSR count). The molecule has 7 nitrogen and oxygen atoms in total. The minimum Gasteiger partial charge on any atom is -0.386 e. The summed E-state index contributed by atoms with van der Waals surface area (Å²) in [5.41, 5.74) is 2.04. The number of benzene rings is 2. The lowest BCUT2D eigenvalue weighted by molar-refractivity contribution is -0.159. The van der Waals surface area contributed by atoms with Gasteiger partial charge in [0.05, 0.1) is 5.60 Å². The first kappa shape index (κ1) is 29.2. The van der Waals surface area contributed by atoms with Crippen molar-refractivity contribution in [1.29, 1.82) is 0 Å². The summed E-state index contributed by atoms with van der Waals surface area (Å²) in [5, 5.41) is 16.6. The van der Waals surface area contributed by atoms with Gasteiger partial charge in [-0.05, 0) is 76.3 Å². The van der Waals surface area contributed by atoms with Gasteiger partial charge < -0.3 is 14.9 Å². The molecule has 1 aromatic heterocycles. The molecule has 0 saturated carbocycles. The van der Waals surface area contributed by atoms with Gasteiger partial charge in [-0.25, -0.2) is 4.79 Å². The molecule has 2 aromatic carbocycles. The van der Waals surface area contributed by atoms with Gasteiger partial charge in [-0.15, -0.1) is 0 Å². The molecule has 0 radical (unpaired) electrons. The van der Waals surface area contributed by atoms with Crippen LogP contribution in [-0.4, -0.2) is 33.4 Å². The van der Waals surface area contributed by atoms with Crippen LogP contribution in [-0.2, 0) is 18.2 Å². The Balaban J connectivity index is 1.70. The quantitative estimate of drug-likeness (QED) is 0.299. The molecule has 1 heterocycles. The molecule has 3 aromatic rings. The maximum absolute atomic E-state index is 13.2. The number of nitrogens with one attached hydrogen (secondary N) is 1. The molecule has 0 bridgehead atoms. The fourth-order valence-electron chi connectivity index (χ4n) is 3.86. The number of carbonyl (C=O) groups is 1. The third-order valence-corrected chi connectivity index (χ3v) is 5.80. The number of rotatable bonds is 9. The maximum Gasteiger partial charge on any atom is 0.471 e. The number of alkyl halides is 3. The van der Waals surface area contributed by atoms with E-state index in [-0.39, 0.29) is 18.3 Å². The van der Waals surface area contributed by atoms with E-state index in [1.807, 2.05) is 69.3 Å². The zero-order chi connectivity index (χ0) is 28.1. The van der Waals surface area contributed by atoms with Crippen molar-refractivity contribution in [2.24, 2.45) is 0 Å². The molecule has 0 aliphatic heterocycles. The van der Waals surface area contributed by atoms with Crippen LogP contribution in [0.15, 0.2) is 53.1 Å². The molecule has 0 atom stereocenters. The summed E-state index contributed by atoms with van der Waals surface area (Å²) in [6.07, 6.45) is -2.56. The molecule has 0 unspecified atom stereocenters. The minimum atomic E-state index is -4.65. The van der Waals surface area contributed by atoms with Crippen molar-refractivity contribution >= 4 is 11.7 Å². The van der Waals surface area contributed by atoms with Crippen LogP contribution in [0.4, 0.5) is 23.7 Å². The Morgan fingerprint density at radius 3 is 2.24 bits per heavy atom. The summed E-state index contributed by atoms with van der Waals surface area (Å²) in [6, 6.07) is 15.1. The lowest BCUT2D eigenvalue weighted by Crippen LogP contribution is -2.49. The van der Waals surface area contributed by atoms with Gasteiger partial charge in [0.2, 0.25) is 0 Å². The number of aliphatic hydroxyl groups is 1. The van der Waals surface area contributed by atoms with Crippen LogP contribution in [0.3, 0.4) is 0 Å². The largest absolute Gasteiger partial charge is 0.471 e. The van der Waals surface area contributed by atoms with Gasteiger partial charge in [0.25, 0.3) is 0 Å². The molecule has 206 valence electrons. The van der Waals surface area contributed by atoms with E-state index in [9.17, 15) is 23.1 Å². The third-order valence-electron chi connectivity index (χ3n) is 5.80. The molecule has 0 aliphatic carbocycles. The first-order chi connectivity index (χ1) is 17.6. The minimum absolute atomic E-state index is 0.0166. The van der Waals surface area contributed by atoms with E-state index >= 15 is 0 Å². The summed E-state index contributed by atoms with van der Waals surface area (Å²) < 4.78 is 42.2. The smallest absolute Gasteiger partial charge is 0.386 e. The van der Waals surface area contributed by atoms with E-state index in [0.717, 1.165) is 22.4 Å². The van der Waals surface area contributed by atoms with Crippen LogP contribution in [0.25, 0.3) is 11.1 Å². The van der Waals surface area contributed by atoms with Crippen molar-refractivity contribution in [3.05, 3.63) is 65.8 Å². The van der Waals surface area contributed by atoms with Crippen LogP contribution < -0.4 is 10.2 Å². The highest BCUT2D eigenvalue weighted by Crippen LogP contribution is 2.29. The first-order valence-corrected chi connectivity index (χ1v) is 12.6. The number of unbranched alkanes of at least 4 members (excludes halogenated alkanes) is 2. The number of aromatic nitrogens is 2. The van der Waals surface area contributed by atoms with Gasteiger partial charge in [-0.1, -0.05) is 48.0 Å². The van der Waals surface area contributed by atoms with Gasteiger partial charge in [0, 0.05) is 24.2 Å². The fourth-order valence-corrected chi connectivity index (χ4v) is 3.86. The van der Waals surface area contributed by atoms with Gasteiger partial charge in [0.15, 0.2) is 5.82 Å². The lowest BCUT2D eigenvalue weighted by Gasteiger charge is -2.29. The first-order valence-electron chi connectivity index (χ1n) is 12.6. The van der Waals surface area contributed by atoms with Gasteiger partial charge in [-0.2, -0.15) is 18.2 Å². The SMILES string of the molecule is CC(C)(C)NC(=O)N(CCCCCc1noc(C(F)(F)F)n1)c1cccc(-c2ccc(C(C)(C)O)cc2)c1. The zero-order valence-corrected chi connectivity index (χ0v) is 22.4. The Bertz CT molecular complexity index is 1210. The molecule has 0 saturated heterocycles. The summed E-state index contributed by atoms with van der Waals surface area (Å²) in [7, 11) is 0. The van der Waals surface area contributed by atoms with Crippen LogP contribution >= 0.6 is 0 Å². The van der Waals surface area contributed by atoms with Crippen molar-refractivity contribution in [2.45, 2.75) is 77.6 Å². The highest BCUT2D eigenvalue weighted by molar-refractivity contribution is 5.93. The summed E-state index contributed by atoms with van der Waals surface area (Å²) in [5.74, 6) is -1.32. The topological polar surface area (TPSA) is 91.5 Å². The molecule has 2 N–H and O–H groups in total. The average Bonchev–Trinajstić information content (AvgIpc) is 3.29. The second-order valence-electron chi connectivity index (χ2n) is 10.8. The number of halogens is 3. The predicted octanol–water partition coefficient (Wildman–Crippen LogP) is 6.71. The van der Waals surface area contributed by atoms with Crippen LogP contribution in [0.1, 0.15) is 71.2 Å². The second-order valence-corrected chi connectivity index (χ2v) is 10.8. The maximum atomic E-state index is 13.2. The van der Waals surface area contributed by atoms with E-state index in [2.05, 4.69) is 20.0 Å². The molecule has 10 heteroatoms. The summed E-state index contributed by atoms with van der Waals surface area (Å²) >= 11 is 0. The number of urea groups is 1. The van der Waals surface area contributed by atoms with E-state index in [1.165, 1.54) is 0 Å². The Morgan fingerprint density at radius 1 is 0.974 bits per heavy atom. The number of hydrogen-bond donors (Lipinski definition) is 2. The van der Waals surface area contributed by atoms with Crippen LogP contribution in [0, 0.1) is 0 Å². The molecular weight excluding hydrogens is 497 g/mol. The molecular formula is C28H35F3N4O3. The number of aryl methyl sites for hydroxylation is 1. The highest BCUT2D eigenvalue weighted by atomic mass is 19.4. The van der Waals surface area contributed by atoms with Gasteiger partial charge in [-0.3, -0.25) is 4.90 Å². The zero-order valence-electron chi connectivity index (χ0n) is 22.4. The van der Waals surface area contributed by atoms with E-state index in [0.29, 0.717) is 25.8 Å². The van der Waals surface area contributed by atoms with E-state index in [4.69, 9.17) is 0 Å². The normalized spacial score (nSPS) is 12.4. The summed E-state index contributed by atoms with van der Waals surface area (Å²) in [6.45, 7) is 9.60. The predicted molar refractivity (Wildman–Crippen MR) is 140 cm³/mol. The number of nitrogens with zero attached hydrogens (tertiary/aromatic N) is 3. The van der Waals surface area contributed by atoms with Crippen molar-refractivity contribution in [3.63, 3.8) is 0 Å². The van der Waals surface area contributed by atoms with Crippen LogP contribution in [0.5, 0.6) is 0 Å². The molecule has 38 heavy (non-hydrogen) atoms. The van der Waals surface area contributed by atoms with Crippen molar-refractivity contribution in [3.8, 4) is 11.1 Å². The molecule has 2 amide bonds. The molecule has 0 spiro atoms. The Morgan fingerprint density at radius 2 is 1.66 bits per heavy atom. The summed E-state index contributed by atoms with van der Waals surface area (Å²) in [4.78, 5) is 18.3. The third kappa shape index (κ3) is 8.31. The van der Waals surface area contributed by atoms with Crippen molar-refractivity contribution in [2.75, 3.05) is 11.4 Å². The van der Waals surface area contributed by atoms with Gasteiger partial charge in [0.1, 0.15) is 0 Å². The van der Waals surface area contributed by atoms with Gasteiger partial charge >= 0.3 is 18.1 Å². The molecule has 0 fully saturated rings. The Labute approximate surface area is 221 Å². The number of anilines is 1. The molecule has 0 aliphatic rings. The van der Waals surface area contributed by atoms with E-state index in [1.54, 1.807) is 18.7 Å². The lowest BCUT2D eigenvalue weighted by atomic mass is 9.95. The number of hydrogen-bond acceptors (Lipinski definition) is 5. The highest BCUT2D eigenvalue weighted by Gasteiger charge is 2.38. The van der Waals surface area contributed by atoms with Crippen LogP contribution in [0.2, 0.25) is 0 Å². The van der Waals surface area contributed by atoms with Crippen molar-refractivity contribution in [1.82, 2.24) is 15.5 Å².